The standard InChI is InChI=1S/C17H13ClN2O2S/c18-16-10-4-2-7-14(16)12-19-20-23(21,22)17-11-5-8-13-6-1-3-9-15(13)17/h1-12,20H/b19-12-. The van der Waals surface area contributed by atoms with Crippen LogP contribution in [0.1, 0.15) is 5.56 Å². The molecule has 0 saturated carbocycles. The zero-order valence-electron chi connectivity index (χ0n) is 12.0. The monoisotopic (exact) mass is 344 g/mol. The lowest BCUT2D eigenvalue weighted by atomic mass is 10.1. The number of hydrazone groups is 1. The van der Waals surface area contributed by atoms with Gasteiger partial charge in [0.2, 0.25) is 0 Å². The van der Waals surface area contributed by atoms with Crippen LogP contribution in [-0.2, 0) is 10.0 Å². The first kappa shape index (κ1) is 15.5. The molecule has 0 fully saturated rings. The van der Waals surface area contributed by atoms with Gasteiger partial charge in [-0.05, 0) is 17.5 Å². The highest BCUT2D eigenvalue weighted by molar-refractivity contribution is 7.89. The van der Waals surface area contributed by atoms with Crippen LogP contribution in [0.25, 0.3) is 10.8 Å². The highest BCUT2D eigenvalue weighted by Crippen LogP contribution is 2.22. The zero-order valence-corrected chi connectivity index (χ0v) is 13.6. The number of sulfonamides is 1. The molecule has 6 heteroatoms. The largest absolute Gasteiger partial charge is 0.277 e. The van der Waals surface area contributed by atoms with Crippen molar-refractivity contribution in [2.45, 2.75) is 4.90 Å². The first-order chi connectivity index (χ1) is 11.1. The fourth-order valence-corrected chi connectivity index (χ4v) is 3.43. The summed E-state index contributed by atoms with van der Waals surface area (Å²) >= 11 is 6.00. The van der Waals surface area contributed by atoms with Crippen LogP contribution in [0, 0.1) is 0 Å². The summed E-state index contributed by atoms with van der Waals surface area (Å²) in [5.41, 5.74) is 0.634. The Morgan fingerprint density at radius 3 is 2.43 bits per heavy atom. The fourth-order valence-electron chi connectivity index (χ4n) is 2.22. The van der Waals surface area contributed by atoms with E-state index in [0.29, 0.717) is 16.0 Å². The minimum atomic E-state index is -3.76. The molecule has 4 nitrogen and oxygen atoms in total. The van der Waals surface area contributed by atoms with Crippen LogP contribution in [0.2, 0.25) is 5.02 Å². The topological polar surface area (TPSA) is 58.5 Å². The Hall–Kier alpha value is -2.37. The van der Waals surface area contributed by atoms with E-state index >= 15 is 0 Å². The van der Waals surface area contributed by atoms with E-state index in [4.69, 9.17) is 11.6 Å². The Labute approximate surface area is 139 Å². The Kier molecular flexibility index (Phi) is 4.32. The van der Waals surface area contributed by atoms with Gasteiger partial charge < -0.3 is 0 Å². The van der Waals surface area contributed by atoms with Gasteiger partial charge in [0.05, 0.1) is 11.1 Å². The van der Waals surface area contributed by atoms with E-state index in [-0.39, 0.29) is 4.90 Å². The normalized spacial score (nSPS) is 11.9. The quantitative estimate of drug-likeness (QED) is 0.578. The number of hydrogen-bond donors (Lipinski definition) is 1. The number of benzene rings is 3. The lowest BCUT2D eigenvalue weighted by Gasteiger charge is -2.07. The van der Waals surface area contributed by atoms with Crippen LogP contribution in [0.3, 0.4) is 0 Å². The predicted molar refractivity (Wildman–Crippen MR) is 93.3 cm³/mol. The second-order valence-electron chi connectivity index (χ2n) is 4.85. The zero-order chi connectivity index (χ0) is 16.3. The van der Waals surface area contributed by atoms with Gasteiger partial charge in [-0.3, -0.25) is 0 Å². The van der Waals surface area contributed by atoms with Gasteiger partial charge in [0, 0.05) is 16.0 Å². The number of halogens is 1. The van der Waals surface area contributed by atoms with Crippen molar-refractivity contribution in [3.63, 3.8) is 0 Å². The van der Waals surface area contributed by atoms with Gasteiger partial charge in [0.25, 0.3) is 10.0 Å². The maximum atomic E-state index is 12.5. The Morgan fingerprint density at radius 1 is 0.913 bits per heavy atom. The van der Waals surface area contributed by atoms with Gasteiger partial charge in [-0.1, -0.05) is 66.2 Å². The van der Waals surface area contributed by atoms with Crippen molar-refractivity contribution in [2.24, 2.45) is 5.10 Å². The molecule has 0 bridgehead atoms. The summed E-state index contributed by atoms with van der Waals surface area (Å²) in [7, 11) is -3.76. The van der Waals surface area contributed by atoms with Crippen molar-refractivity contribution in [1.82, 2.24) is 4.83 Å². The smallest absolute Gasteiger partial charge is 0.200 e. The Morgan fingerprint density at radius 2 is 1.61 bits per heavy atom. The summed E-state index contributed by atoms with van der Waals surface area (Å²) in [6, 6.07) is 19.5. The summed E-state index contributed by atoms with van der Waals surface area (Å²) in [6.45, 7) is 0. The molecule has 0 spiro atoms. The highest BCUT2D eigenvalue weighted by Gasteiger charge is 2.15. The van der Waals surface area contributed by atoms with Crippen molar-refractivity contribution in [3.05, 3.63) is 77.3 Å². The molecule has 3 rings (SSSR count). The molecule has 3 aromatic carbocycles. The SMILES string of the molecule is O=S(=O)(N/N=C\c1ccccc1Cl)c1cccc2ccccc12. The summed E-state index contributed by atoms with van der Waals surface area (Å²) in [6.07, 6.45) is 1.38. The molecule has 0 aromatic heterocycles. The van der Waals surface area contributed by atoms with Crippen LogP contribution >= 0.6 is 11.6 Å². The van der Waals surface area contributed by atoms with Crippen molar-refractivity contribution in [1.29, 1.82) is 0 Å². The number of nitrogens with zero attached hydrogens (tertiary/aromatic N) is 1. The molecule has 0 heterocycles. The van der Waals surface area contributed by atoms with Gasteiger partial charge in [0.1, 0.15) is 0 Å². The van der Waals surface area contributed by atoms with E-state index in [9.17, 15) is 8.42 Å². The van der Waals surface area contributed by atoms with Crippen molar-refractivity contribution < 1.29 is 8.42 Å². The number of rotatable bonds is 4. The molecule has 0 amide bonds. The Bertz CT molecular complexity index is 979. The molecule has 0 aliphatic carbocycles. The van der Waals surface area contributed by atoms with Crippen LogP contribution < -0.4 is 4.83 Å². The van der Waals surface area contributed by atoms with Crippen LogP contribution in [0.4, 0.5) is 0 Å². The Balaban J connectivity index is 1.91. The lowest BCUT2D eigenvalue weighted by molar-refractivity contribution is 0.585. The number of fused-ring (bicyclic) bond motifs is 1. The van der Waals surface area contributed by atoms with Crippen molar-refractivity contribution >= 4 is 38.6 Å². The van der Waals surface area contributed by atoms with Gasteiger partial charge in [-0.15, -0.1) is 0 Å². The van der Waals surface area contributed by atoms with Gasteiger partial charge in [-0.25, -0.2) is 4.83 Å². The first-order valence-corrected chi connectivity index (χ1v) is 8.71. The molecular formula is C17H13ClN2O2S. The van der Waals surface area contributed by atoms with Gasteiger partial charge in [0.15, 0.2) is 0 Å². The van der Waals surface area contributed by atoms with E-state index in [1.54, 1.807) is 48.5 Å². The van der Waals surface area contributed by atoms with Crippen LogP contribution in [0.15, 0.2) is 76.7 Å². The summed E-state index contributed by atoms with van der Waals surface area (Å²) < 4.78 is 24.9. The summed E-state index contributed by atoms with van der Waals surface area (Å²) in [5, 5.41) is 5.81. The molecule has 0 aliphatic rings. The van der Waals surface area contributed by atoms with Crippen LogP contribution in [-0.4, -0.2) is 14.6 Å². The summed E-state index contributed by atoms with van der Waals surface area (Å²) in [4.78, 5) is 2.41. The molecule has 1 N–H and O–H groups in total. The molecule has 116 valence electrons. The van der Waals surface area contributed by atoms with Crippen molar-refractivity contribution in [2.75, 3.05) is 0 Å². The molecule has 0 unspecified atom stereocenters. The molecule has 0 saturated heterocycles. The molecule has 0 atom stereocenters. The third-order valence-corrected chi connectivity index (χ3v) is 4.95. The van der Waals surface area contributed by atoms with E-state index in [2.05, 4.69) is 9.93 Å². The third-order valence-electron chi connectivity index (χ3n) is 3.32. The highest BCUT2D eigenvalue weighted by atomic mass is 35.5. The third kappa shape index (κ3) is 3.36. The molecule has 3 aromatic rings. The molecule has 0 aliphatic heterocycles. The average molecular weight is 345 g/mol. The second-order valence-corrected chi connectivity index (χ2v) is 6.89. The average Bonchev–Trinajstić information content (AvgIpc) is 2.56. The second kappa shape index (κ2) is 6.40. The summed E-state index contributed by atoms with van der Waals surface area (Å²) in [5.74, 6) is 0. The van der Waals surface area contributed by atoms with Gasteiger partial charge in [-0.2, -0.15) is 13.5 Å². The fraction of sp³-hybridized carbons (Fsp3) is 0. The number of hydrogen-bond acceptors (Lipinski definition) is 3. The first-order valence-electron chi connectivity index (χ1n) is 6.85. The number of nitrogens with one attached hydrogen (secondary N) is 1. The van der Waals surface area contributed by atoms with E-state index in [1.165, 1.54) is 6.21 Å². The molecule has 23 heavy (non-hydrogen) atoms. The molecular weight excluding hydrogens is 332 g/mol. The van der Waals surface area contributed by atoms with E-state index in [0.717, 1.165) is 5.39 Å². The maximum Gasteiger partial charge on any atom is 0.277 e. The van der Waals surface area contributed by atoms with E-state index in [1.807, 2.05) is 18.2 Å². The maximum absolute atomic E-state index is 12.5. The van der Waals surface area contributed by atoms with E-state index < -0.39 is 10.0 Å². The minimum Gasteiger partial charge on any atom is -0.200 e. The lowest BCUT2D eigenvalue weighted by Crippen LogP contribution is -2.18. The molecule has 0 radical (unpaired) electrons. The van der Waals surface area contributed by atoms with Crippen LogP contribution in [0.5, 0.6) is 0 Å². The van der Waals surface area contributed by atoms with Gasteiger partial charge >= 0.3 is 0 Å². The predicted octanol–water partition coefficient (Wildman–Crippen LogP) is 3.81. The van der Waals surface area contributed by atoms with Crippen molar-refractivity contribution in [3.8, 4) is 0 Å². The minimum absolute atomic E-state index is 0.187.